The molecule has 0 heterocycles. The van der Waals surface area contributed by atoms with E-state index in [9.17, 15) is 9.59 Å². The molecule has 0 aliphatic heterocycles. The smallest absolute Gasteiger partial charge is 0.243 e. The molecule has 0 fully saturated rings. The van der Waals surface area contributed by atoms with E-state index >= 15 is 0 Å². The van der Waals surface area contributed by atoms with Crippen molar-refractivity contribution in [2.75, 3.05) is 18.9 Å². The van der Waals surface area contributed by atoms with Gasteiger partial charge in [0.15, 0.2) is 0 Å². The van der Waals surface area contributed by atoms with Gasteiger partial charge in [-0.3, -0.25) is 9.59 Å². The zero-order valence-corrected chi connectivity index (χ0v) is 14.5. The first-order chi connectivity index (χ1) is 10.5. The highest BCUT2D eigenvalue weighted by Gasteiger charge is 2.23. The second-order valence-corrected chi connectivity index (χ2v) is 6.60. The van der Waals surface area contributed by atoms with Gasteiger partial charge in [-0.05, 0) is 49.9 Å². The average molecular weight is 365 g/mol. The summed E-state index contributed by atoms with van der Waals surface area (Å²) in [6.07, 6.45) is 6.73. The molecule has 0 saturated carbocycles. The molecule has 0 bridgehead atoms. The van der Waals surface area contributed by atoms with Gasteiger partial charge in [-0.2, -0.15) is 0 Å². The zero-order chi connectivity index (χ0) is 16.1. The normalized spacial score (nSPS) is 17.1. The van der Waals surface area contributed by atoms with Crippen LogP contribution < -0.4 is 5.32 Å². The molecular weight excluding hydrogens is 344 g/mol. The van der Waals surface area contributed by atoms with E-state index in [1.165, 1.54) is 4.90 Å². The number of halogens is 1. The van der Waals surface area contributed by atoms with Crippen molar-refractivity contribution in [3.63, 3.8) is 0 Å². The molecule has 1 atom stereocenters. The molecule has 1 aromatic rings. The molecule has 0 saturated heterocycles. The average Bonchev–Trinajstić information content (AvgIpc) is 2.50. The number of carbonyl (C=O) groups excluding carboxylic acids is 2. The number of amides is 2. The van der Waals surface area contributed by atoms with Crippen LogP contribution >= 0.6 is 15.9 Å². The molecule has 1 aromatic carbocycles. The van der Waals surface area contributed by atoms with Crippen LogP contribution in [0.1, 0.15) is 24.8 Å². The molecule has 2 amide bonds. The van der Waals surface area contributed by atoms with Gasteiger partial charge in [0.25, 0.3) is 0 Å². The Morgan fingerprint density at radius 3 is 2.77 bits per heavy atom. The van der Waals surface area contributed by atoms with Crippen molar-refractivity contribution < 1.29 is 9.59 Å². The highest BCUT2D eigenvalue weighted by atomic mass is 79.9. The van der Waals surface area contributed by atoms with E-state index in [4.69, 9.17) is 0 Å². The minimum atomic E-state index is -0.173. The maximum atomic E-state index is 12.3. The summed E-state index contributed by atoms with van der Waals surface area (Å²) in [5, 5.41) is 2.86. The number of hydrogen-bond acceptors (Lipinski definition) is 2. The van der Waals surface area contributed by atoms with Gasteiger partial charge in [-0.15, -0.1) is 0 Å². The molecule has 0 aromatic heterocycles. The van der Waals surface area contributed by atoms with Gasteiger partial charge < -0.3 is 10.2 Å². The summed E-state index contributed by atoms with van der Waals surface area (Å²) in [4.78, 5) is 25.9. The first kappa shape index (κ1) is 16.7. The van der Waals surface area contributed by atoms with Crippen LogP contribution in [-0.2, 0) is 9.59 Å². The third kappa shape index (κ3) is 4.44. The number of rotatable bonds is 4. The van der Waals surface area contributed by atoms with Crippen molar-refractivity contribution in [3.05, 3.63) is 40.4 Å². The van der Waals surface area contributed by atoms with Crippen LogP contribution in [0.2, 0.25) is 0 Å². The first-order valence-electron chi connectivity index (χ1n) is 7.43. The lowest BCUT2D eigenvalue weighted by atomic mass is 9.93. The van der Waals surface area contributed by atoms with Crippen molar-refractivity contribution in [2.45, 2.75) is 26.2 Å². The minimum Gasteiger partial charge on any atom is -0.336 e. The van der Waals surface area contributed by atoms with Crippen molar-refractivity contribution in [3.8, 4) is 0 Å². The second-order valence-electron chi connectivity index (χ2n) is 5.68. The number of hydrogen-bond donors (Lipinski definition) is 1. The van der Waals surface area contributed by atoms with Crippen molar-refractivity contribution in [2.24, 2.45) is 5.92 Å². The number of carbonyl (C=O) groups is 2. The Kier molecular flexibility index (Phi) is 5.77. The number of benzene rings is 1. The van der Waals surface area contributed by atoms with Gasteiger partial charge in [0.05, 0.1) is 6.54 Å². The van der Waals surface area contributed by atoms with Gasteiger partial charge in [-0.25, -0.2) is 0 Å². The number of anilines is 1. The fourth-order valence-electron chi connectivity index (χ4n) is 2.58. The summed E-state index contributed by atoms with van der Waals surface area (Å²) in [5.41, 5.74) is 1.75. The molecule has 1 aliphatic carbocycles. The number of nitrogens with zero attached hydrogens (tertiary/aromatic N) is 1. The van der Waals surface area contributed by atoms with Crippen molar-refractivity contribution in [1.29, 1.82) is 0 Å². The van der Waals surface area contributed by atoms with Gasteiger partial charge in [0.1, 0.15) is 0 Å². The predicted molar refractivity (Wildman–Crippen MR) is 91.6 cm³/mol. The largest absolute Gasteiger partial charge is 0.336 e. The zero-order valence-electron chi connectivity index (χ0n) is 12.9. The monoisotopic (exact) mass is 364 g/mol. The number of likely N-dealkylation sites (N-methyl/N-ethyl adjacent to an activating group) is 1. The Labute approximate surface area is 139 Å². The van der Waals surface area contributed by atoms with E-state index in [2.05, 4.69) is 27.3 Å². The summed E-state index contributed by atoms with van der Waals surface area (Å²) in [6.45, 7) is 2.01. The van der Waals surface area contributed by atoms with Crippen LogP contribution in [0.4, 0.5) is 5.69 Å². The van der Waals surface area contributed by atoms with Crippen molar-refractivity contribution >= 4 is 33.4 Å². The molecule has 1 N–H and O–H groups in total. The van der Waals surface area contributed by atoms with Gasteiger partial charge in [-0.1, -0.05) is 28.1 Å². The molecule has 0 radical (unpaired) electrons. The third-order valence-electron chi connectivity index (χ3n) is 3.84. The quantitative estimate of drug-likeness (QED) is 0.831. The van der Waals surface area contributed by atoms with Crippen molar-refractivity contribution in [1.82, 2.24) is 4.90 Å². The molecule has 0 spiro atoms. The fourth-order valence-corrected chi connectivity index (χ4v) is 3.06. The Hall–Kier alpha value is -1.62. The van der Waals surface area contributed by atoms with Gasteiger partial charge in [0.2, 0.25) is 11.8 Å². The Morgan fingerprint density at radius 2 is 2.14 bits per heavy atom. The SMILES string of the molecule is Cc1cc(Br)ccc1NC(=O)CN(C)C(=O)[C@@H]1CC=CCC1. The molecule has 0 unspecified atom stereocenters. The van der Waals surface area contributed by atoms with E-state index in [-0.39, 0.29) is 24.3 Å². The molecule has 118 valence electrons. The standard InChI is InChI=1S/C17H21BrN2O2/c1-12-10-14(18)8-9-15(12)19-16(21)11-20(2)17(22)13-6-4-3-5-7-13/h3-4,8-10,13H,5-7,11H2,1-2H3,(H,19,21)/t13-/m1/s1. The summed E-state index contributed by atoms with van der Waals surface area (Å²) < 4.78 is 0.973. The summed E-state index contributed by atoms with van der Waals surface area (Å²) in [6, 6.07) is 5.68. The van der Waals surface area contributed by atoms with Crippen LogP contribution in [0.15, 0.2) is 34.8 Å². The lowest BCUT2D eigenvalue weighted by Gasteiger charge is -2.24. The van der Waals surface area contributed by atoms with Crippen LogP contribution in [0.25, 0.3) is 0 Å². The van der Waals surface area contributed by atoms with Crippen LogP contribution in [0.3, 0.4) is 0 Å². The van der Waals surface area contributed by atoms with E-state index in [1.807, 2.05) is 31.2 Å². The maximum Gasteiger partial charge on any atom is 0.243 e. The van der Waals surface area contributed by atoms with Gasteiger partial charge in [0, 0.05) is 23.1 Å². The predicted octanol–water partition coefficient (Wildman–Crippen LogP) is 3.51. The van der Waals surface area contributed by atoms with Crippen LogP contribution in [0.5, 0.6) is 0 Å². The fraction of sp³-hybridized carbons (Fsp3) is 0.412. The number of allylic oxidation sites excluding steroid dienone is 2. The number of nitrogens with one attached hydrogen (secondary N) is 1. The van der Waals surface area contributed by atoms with Crippen LogP contribution in [0, 0.1) is 12.8 Å². The maximum absolute atomic E-state index is 12.3. The third-order valence-corrected chi connectivity index (χ3v) is 4.33. The number of aryl methyl sites for hydroxylation is 1. The molecule has 22 heavy (non-hydrogen) atoms. The Morgan fingerprint density at radius 1 is 1.36 bits per heavy atom. The van der Waals surface area contributed by atoms with E-state index in [0.717, 1.165) is 35.0 Å². The van der Waals surface area contributed by atoms with Gasteiger partial charge >= 0.3 is 0 Å². The Balaban J connectivity index is 1.90. The molecule has 2 rings (SSSR count). The first-order valence-corrected chi connectivity index (χ1v) is 8.22. The Bertz CT molecular complexity index is 598. The summed E-state index contributed by atoms with van der Waals surface area (Å²) >= 11 is 3.39. The highest BCUT2D eigenvalue weighted by molar-refractivity contribution is 9.10. The van der Waals surface area contributed by atoms with Crippen LogP contribution in [-0.4, -0.2) is 30.3 Å². The lowest BCUT2D eigenvalue weighted by Crippen LogP contribution is -2.38. The molecule has 5 heteroatoms. The summed E-state index contributed by atoms with van der Waals surface area (Å²) in [7, 11) is 1.69. The van der Waals surface area contributed by atoms with E-state index in [0.29, 0.717) is 0 Å². The minimum absolute atomic E-state index is 0.0113. The second kappa shape index (κ2) is 7.58. The lowest BCUT2D eigenvalue weighted by molar-refractivity contribution is -0.137. The van der Waals surface area contributed by atoms with E-state index < -0.39 is 0 Å². The van der Waals surface area contributed by atoms with E-state index in [1.54, 1.807) is 7.05 Å². The topological polar surface area (TPSA) is 49.4 Å². The summed E-state index contributed by atoms with van der Waals surface area (Å²) in [5.74, 6) is -0.114. The molecular formula is C17H21BrN2O2. The molecule has 4 nitrogen and oxygen atoms in total. The molecule has 1 aliphatic rings. The highest BCUT2D eigenvalue weighted by Crippen LogP contribution is 2.21.